The van der Waals surface area contributed by atoms with E-state index in [1.807, 2.05) is 12.1 Å². The lowest BCUT2D eigenvalue weighted by Crippen LogP contribution is -2.29. The fourth-order valence-electron chi connectivity index (χ4n) is 1.26. The molecule has 0 fully saturated rings. The van der Waals surface area contributed by atoms with E-state index in [1.165, 1.54) is 0 Å². The molecular formula is C9H11BN2O3. The quantitative estimate of drug-likeness (QED) is 0.545. The van der Waals surface area contributed by atoms with Crippen LogP contribution in [-0.2, 0) is 0 Å². The Morgan fingerprint density at radius 2 is 1.73 bits per heavy atom. The molecule has 1 heterocycles. The number of aromatic nitrogens is 2. The van der Waals surface area contributed by atoms with Crippen molar-refractivity contribution in [2.45, 2.75) is 0 Å². The Hall–Kier alpha value is -1.63. The van der Waals surface area contributed by atoms with Crippen LogP contribution in [0.2, 0.25) is 0 Å². The third-order valence-electron chi connectivity index (χ3n) is 2.04. The van der Waals surface area contributed by atoms with Crippen molar-refractivity contribution in [3.05, 3.63) is 36.7 Å². The predicted molar refractivity (Wildman–Crippen MR) is 57.5 cm³/mol. The van der Waals surface area contributed by atoms with Crippen molar-refractivity contribution < 1.29 is 15.5 Å². The van der Waals surface area contributed by atoms with E-state index in [-0.39, 0.29) is 5.48 Å². The molecule has 5 N–H and O–H groups in total. The summed E-state index contributed by atoms with van der Waals surface area (Å²) in [5.74, 6) is 0. The van der Waals surface area contributed by atoms with E-state index < -0.39 is 7.12 Å². The molecule has 0 unspecified atom stereocenters. The minimum Gasteiger partial charge on any atom is -0.423 e. The predicted octanol–water partition coefficient (Wildman–Crippen LogP) is -1.07. The summed E-state index contributed by atoms with van der Waals surface area (Å²) in [4.78, 5) is 0. The van der Waals surface area contributed by atoms with Gasteiger partial charge >= 0.3 is 7.12 Å². The molecule has 1 aromatic heterocycles. The summed E-state index contributed by atoms with van der Waals surface area (Å²) in [7, 11) is -1.41. The Balaban J connectivity index is 0.00000112. The van der Waals surface area contributed by atoms with Gasteiger partial charge in [0, 0.05) is 11.8 Å². The molecule has 0 bridgehead atoms. The molecule has 2 rings (SSSR count). The van der Waals surface area contributed by atoms with E-state index in [0.717, 1.165) is 11.1 Å². The van der Waals surface area contributed by atoms with Crippen molar-refractivity contribution in [2.24, 2.45) is 0 Å². The van der Waals surface area contributed by atoms with Gasteiger partial charge in [0.25, 0.3) is 0 Å². The van der Waals surface area contributed by atoms with Crippen LogP contribution in [0.5, 0.6) is 0 Å². The molecule has 78 valence electrons. The van der Waals surface area contributed by atoms with Gasteiger partial charge in [-0.2, -0.15) is 5.10 Å². The second-order valence-corrected chi connectivity index (χ2v) is 2.98. The van der Waals surface area contributed by atoms with Crippen LogP contribution in [-0.4, -0.2) is 32.8 Å². The molecule has 0 saturated carbocycles. The number of H-pyrrole nitrogens is 1. The van der Waals surface area contributed by atoms with Gasteiger partial charge in [-0.25, -0.2) is 0 Å². The molecule has 5 nitrogen and oxygen atoms in total. The maximum absolute atomic E-state index is 8.88. The fraction of sp³-hybridized carbons (Fsp3) is 0. The summed E-state index contributed by atoms with van der Waals surface area (Å²) in [6.07, 6.45) is 3.49. The van der Waals surface area contributed by atoms with Gasteiger partial charge in [0.05, 0.1) is 6.20 Å². The highest BCUT2D eigenvalue weighted by Crippen LogP contribution is 2.15. The maximum atomic E-state index is 8.88. The topological polar surface area (TPSA) is 101 Å². The molecule has 0 saturated heterocycles. The minimum atomic E-state index is -1.41. The first kappa shape index (κ1) is 11.4. The summed E-state index contributed by atoms with van der Waals surface area (Å²) >= 11 is 0. The van der Waals surface area contributed by atoms with Gasteiger partial charge in [0.1, 0.15) is 0 Å². The van der Waals surface area contributed by atoms with E-state index in [4.69, 9.17) is 10.0 Å². The average Bonchev–Trinajstić information content (AvgIpc) is 2.71. The molecule has 0 radical (unpaired) electrons. The number of benzene rings is 1. The first-order chi connectivity index (χ1) is 6.77. The van der Waals surface area contributed by atoms with Gasteiger partial charge in [-0.3, -0.25) is 5.10 Å². The standard InChI is InChI=1S/C9H9BN2O2.H2O/c13-10(14)9-3-1-7(2-4-9)8-5-11-12-6-8;/h1-6,13-14H,(H,11,12);1H2. The maximum Gasteiger partial charge on any atom is 0.488 e. The van der Waals surface area contributed by atoms with Gasteiger partial charge in [-0.15, -0.1) is 0 Å². The fourth-order valence-corrected chi connectivity index (χ4v) is 1.26. The first-order valence-corrected chi connectivity index (χ1v) is 4.22. The van der Waals surface area contributed by atoms with Crippen molar-refractivity contribution in [2.75, 3.05) is 0 Å². The number of hydrogen-bond acceptors (Lipinski definition) is 3. The highest BCUT2D eigenvalue weighted by Gasteiger charge is 2.09. The Kier molecular flexibility index (Phi) is 3.62. The average molecular weight is 206 g/mol. The van der Waals surface area contributed by atoms with Crippen molar-refractivity contribution in [1.29, 1.82) is 0 Å². The normalized spacial score (nSPS) is 9.47. The van der Waals surface area contributed by atoms with Crippen LogP contribution in [0.1, 0.15) is 0 Å². The molecule has 15 heavy (non-hydrogen) atoms. The summed E-state index contributed by atoms with van der Waals surface area (Å²) in [5, 5.41) is 24.3. The van der Waals surface area contributed by atoms with Crippen molar-refractivity contribution >= 4 is 12.6 Å². The smallest absolute Gasteiger partial charge is 0.423 e. The van der Waals surface area contributed by atoms with Crippen LogP contribution in [0.4, 0.5) is 0 Å². The Morgan fingerprint density at radius 1 is 1.07 bits per heavy atom. The van der Waals surface area contributed by atoms with Crippen molar-refractivity contribution in [1.82, 2.24) is 10.2 Å². The molecule has 0 aliphatic carbocycles. The van der Waals surface area contributed by atoms with Crippen LogP contribution in [0.25, 0.3) is 11.1 Å². The third kappa shape index (κ3) is 2.44. The molecular weight excluding hydrogens is 195 g/mol. The zero-order valence-corrected chi connectivity index (χ0v) is 7.88. The number of hydrogen-bond donors (Lipinski definition) is 3. The number of rotatable bonds is 2. The highest BCUT2D eigenvalue weighted by molar-refractivity contribution is 6.58. The van der Waals surface area contributed by atoms with Crippen LogP contribution in [0, 0.1) is 0 Å². The van der Waals surface area contributed by atoms with E-state index >= 15 is 0 Å². The number of aromatic amines is 1. The Bertz CT molecular complexity index is 400. The monoisotopic (exact) mass is 206 g/mol. The third-order valence-corrected chi connectivity index (χ3v) is 2.04. The Morgan fingerprint density at radius 3 is 2.20 bits per heavy atom. The number of nitrogens with zero attached hydrogens (tertiary/aromatic N) is 1. The Labute approximate surface area is 86.8 Å². The van der Waals surface area contributed by atoms with E-state index in [9.17, 15) is 0 Å². The lowest BCUT2D eigenvalue weighted by Gasteiger charge is -2.00. The summed E-state index contributed by atoms with van der Waals surface area (Å²) in [6.45, 7) is 0. The summed E-state index contributed by atoms with van der Waals surface area (Å²) in [5.41, 5.74) is 2.45. The largest absolute Gasteiger partial charge is 0.488 e. The van der Waals surface area contributed by atoms with Gasteiger partial charge in [-0.1, -0.05) is 24.3 Å². The zero-order chi connectivity index (χ0) is 9.97. The number of nitrogens with one attached hydrogen (secondary N) is 1. The van der Waals surface area contributed by atoms with Gasteiger partial charge < -0.3 is 15.5 Å². The van der Waals surface area contributed by atoms with E-state index in [2.05, 4.69) is 10.2 Å². The van der Waals surface area contributed by atoms with Crippen LogP contribution in [0.15, 0.2) is 36.7 Å². The van der Waals surface area contributed by atoms with Crippen LogP contribution < -0.4 is 5.46 Å². The summed E-state index contributed by atoms with van der Waals surface area (Å²) in [6, 6.07) is 6.99. The second-order valence-electron chi connectivity index (χ2n) is 2.98. The van der Waals surface area contributed by atoms with Crippen molar-refractivity contribution in [3.8, 4) is 11.1 Å². The van der Waals surface area contributed by atoms with Gasteiger partial charge in [0.2, 0.25) is 0 Å². The van der Waals surface area contributed by atoms with E-state index in [1.54, 1.807) is 24.5 Å². The van der Waals surface area contributed by atoms with Crippen LogP contribution in [0.3, 0.4) is 0 Å². The highest BCUT2D eigenvalue weighted by atomic mass is 16.4. The minimum absolute atomic E-state index is 0. The molecule has 0 atom stereocenters. The van der Waals surface area contributed by atoms with Crippen LogP contribution >= 0.6 is 0 Å². The van der Waals surface area contributed by atoms with Gasteiger partial charge in [0.15, 0.2) is 0 Å². The lowest BCUT2D eigenvalue weighted by atomic mass is 9.80. The molecule has 0 spiro atoms. The molecule has 6 heteroatoms. The SMILES string of the molecule is O.OB(O)c1ccc(-c2cn[nH]c2)cc1. The van der Waals surface area contributed by atoms with E-state index in [0.29, 0.717) is 5.46 Å². The molecule has 1 aromatic carbocycles. The molecule has 0 amide bonds. The first-order valence-electron chi connectivity index (χ1n) is 4.22. The second kappa shape index (κ2) is 4.74. The van der Waals surface area contributed by atoms with Gasteiger partial charge in [-0.05, 0) is 11.0 Å². The summed E-state index contributed by atoms with van der Waals surface area (Å²) < 4.78 is 0. The lowest BCUT2D eigenvalue weighted by molar-refractivity contribution is 0.426. The zero-order valence-electron chi connectivity index (χ0n) is 7.88. The molecule has 0 aliphatic heterocycles. The molecule has 2 aromatic rings. The van der Waals surface area contributed by atoms with Crippen molar-refractivity contribution in [3.63, 3.8) is 0 Å². The molecule has 0 aliphatic rings.